The van der Waals surface area contributed by atoms with Crippen LogP contribution in [0.5, 0.6) is 0 Å². The Bertz CT molecular complexity index is 1520. The van der Waals surface area contributed by atoms with Gasteiger partial charge in [-0.25, -0.2) is 23.1 Å². The molecule has 0 N–H and O–H groups in total. The summed E-state index contributed by atoms with van der Waals surface area (Å²) in [5.74, 6) is -1.88. The molecule has 0 saturated carbocycles. The molecule has 0 atom stereocenters. The summed E-state index contributed by atoms with van der Waals surface area (Å²) >= 11 is 7.15. The van der Waals surface area contributed by atoms with Gasteiger partial charge in [-0.3, -0.25) is 19.1 Å². The maximum Gasteiger partial charge on any atom is 0.431 e. The van der Waals surface area contributed by atoms with Crippen molar-refractivity contribution in [1.82, 2.24) is 14.0 Å². The van der Waals surface area contributed by atoms with Gasteiger partial charge in [0.15, 0.2) is 5.17 Å². The summed E-state index contributed by atoms with van der Waals surface area (Å²) < 4.78 is 67.8. The van der Waals surface area contributed by atoms with Crippen LogP contribution in [0.1, 0.15) is 11.3 Å². The van der Waals surface area contributed by atoms with Crippen molar-refractivity contribution in [2.75, 3.05) is 5.75 Å². The predicted octanol–water partition coefficient (Wildman–Crippen LogP) is 4.25. The van der Waals surface area contributed by atoms with Crippen LogP contribution in [0.4, 0.5) is 27.6 Å². The van der Waals surface area contributed by atoms with Crippen LogP contribution in [0.15, 0.2) is 57.0 Å². The molecule has 4 rings (SSSR count). The quantitative estimate of drug-likeness (QED) is 0.460. The van der Waals surface area contributed by atoms with Crippen molar-refractivity contribution in [2.24, 2.45) is 12.0 Å². The standard InChI is InChI=1S/C22H14ClF5N4O3S/c1-30-17(22(26,27)28)8-18(33)32(21(30)35)16-7-15(13(23)6-14(16)25)29-20-31(19(34)10-36-20)9-11-2-4-12(24)5-3-11/h2-8H,9-10H2,1H3. The second kappa shape index (κ2) is 9.54. The number of carbonyl (C=O) groups is 1. The number of benzene rings is 2. The van der Waals surface area contributed by atoms with Gasteiger partial charge in [0.25, 0.3) is 5.56 Å². The van der Waals surface area contributed by atoms with Crippen LogP contribution in [-0.2, 0) is 24.6 Å². The van der Waals surface area contributed by atoms with Crippen molar-refractivity contribution in [3.8, 4) is 5.69 Å². The van der Waals surface area contributed by atoms with Crippen molar-refractivity contribution < 1.29 is 26.7 Å². The number of amidine groups is 1. The number of amides is 1. The monoisotopic (exact) mass is 544 g/mol. The minimum Gasteiger partial charge on any atom is -0.292 e. The number of aliphatic imine (C=N–C) groups is 1. The average Bonchev–Trinajstić information content (AvgIpc) is 3.13. The number of rotatable bonds is 4. The summed E-state index contributed by atoms with van der Waals surface area (Å²) in [6.07, 6.45) is -4.98. The largest absolute Gasteiger partial charge is 0.431 e. The van der Waals surface area contributed by atoms with Crippen LogP contribution in [-0.4, -0.2) is 30.9 Å². The molecule has 0 radical (unpaired) electrons. The Morgan fingerprint density at radius 2 is 1.72 bits per heavy atom. The van der Waals surface area contributed by atoms with Gasteiger partial charge in [0, 0.05) is 13.1 Å². The molecule has 1 amide bonds. The van der Waals surface area contributed by atoms with Crippen LogP contribution < -0.4 is 11.2 Å². The maximum absolute atomic E-state index is 14.8. The zero-order valence-corrected chi connectivity index (χ0v) is 19.7. The normalized spacial score (nSPS) is 15.2. The number of hydrogen-bond acceptors (Lipinski definition) is 5. The highest BCUT2D eigenvalue weighted by Crippen LogP contribution is 2.33. The molecule has 1 aliphatic heterocycles. The van der Waals surface area contributed by atoms with Crippen molar-refractivity contribution in [1.29, 1.82) is 0 Å². The molecule has 0 spiro atoms. The van der Waals surface area contributed by atoms with Gasteiger partial charge >= 0.3 is 11.9 Å². The molecular weight excluding hydrogens is 531 g/mol. The first-order valence-electron chi connectivity index (χ1n) is 10.0. The SMILES string of the molecule is Cn1c(C(F)(F)F)cc(=O)n(-c2cc(N=C3SCC(=O)N3Cc3ccc(F)cc3)c(Cl)cc2F)c1=O. The third-order valence-corrected chi connectivity index (χ3v) is 6.46. The molecule has 3 aromatic rings. The lowest BCUT2D eigenvalue weighted by molar-refractivity contribution is -0.144. The van der Waals surface area contributed by atoms with E-state index in [0.29, 0.717) is 5.56 Å². The number of thioether (sulfide) groups is 1. The fourth-order valence-corrected chi connectivity index (χ4v) is 4.50. The number of carbonyl (C=O) groups excluding carboxylic acids is 1. The van der Waals surface area contributed by atoms with E-state index in [2.05, 4.69) is 4.99 Å². The van der Waals surface area contributed by atoms with Crippen molar-refractivity contribution in [3.05, 3.63) is 91.2 Å². The minimum absolute atomic E-state index is 0.0323. The van der Waals surface area contributed by atoms with E-state index in [-0.39, 0.29) is 49.3 Å². The number of halogens is 6. The molecule has 7 nitrogen and oxygen atoms in total. The topological polar surface area (TPSA) is 76.7 Å². The molecule has 1 aromatic heterocycles. The predicted molar refractivity (Wildman–Crippen MR) is 124 cm³/mol. The highest BCUT2D eigenvalue weighted by Gasteiger charge is 2.35. The van der Waals surface area contributed by atoms with Crippen molar-refractivity contribution >= 4 is 40.1 Å². The van der Waals surface area contributed by atoms with Gasteiger partial charge in [-0.1, -0.05) is 35.5 Å². The Labute approximate surface area is 208 Å². The van der Waals surface area contributed by atoms with Crippen LogP contribution in [0.25, 0.3) is 5.69 Å². The van der Waals surface area contributed by atoms with E-state index >= 15 is 0 Å². The lowest BCUT2D eigenvalue weighted by Crippen LogP contribution is -2.41. The van der Waals surface area contributed by atoms with E-state index in [1.165, 1.54) is 29.2 Å². The van der Waals surface area contributed by atoms with Gasteiger partial charge in [-0.15, -0.1) is 0 Å². The number of aromatic nitrogens is 2. The molecule has 1 fully saturated rings. The highest BCUT2D eigenvalue weighted by atomic mass is 35.5. The Kier molecular flexibility index (Phi) is 6.80. The number of hydrogen-bond donors (Lipinski definition) is 0. The Hall–Kier alpha value is -3.45. The fourth-order valence-electron chi connectivity index (χ4n) is 3.42. The molecule has 1 saturated heterocycles. The Morgan fingerprint density at radius 1 is 1.06 bits per heavy atom. The van der Waals surface area contributed by atoms with Crippen LogP contribution in [0.3, 0.4) is 0 Å². The molecule has 2 aromatic carbocycles. The zero-order chi connectivity index (χ0) is 26.4. The first-order valence-corrected chi connectivity index (χ1v) is 11.4. The van der Waals surface area contributed by atoms with Crippen molar-refractivity contribution in [2.45, 2.75) is 12.7 Å². The number of alkyl halides is 3. The lowest BCUT2D eigenvalue weighted by atomic mass is 10.2. The highest BCUT2D eigenvalue weighted by molar-refractivity contribution is 8.15. The van der Waals surface area contributed by atoms with Crippen LogP contribution in [0.2, 0.25) is 5.02 Å². The molecule has 0 aliphatic carbocycles. The van der Waals surface area contributed by atoms with E-state index in [4.69, 9.17) is 11.6 Å². The lowest BCUT2D eigenvalue weighted by Gasteiger charge is -2.17. The third kappa shape index (κ3) is 4.93. The summed E-state index contributed by atoms with van der Waals surface area (Å²) in [6.45, 7) is 0.0511. The van der Waals surface area contributed by atoms with E-state index in [9.17, 15) is 36.3 Å². The first kappa shape index (κ1) is 25.6. The molecule has 1 aliphatic rings. The van der Waals surface area contributed by atoms with Gasteiger partial charge in [0.05, 0.1) is 28.7 Å². The van der Waals surface area contributed by atoms with Crippen molar-refractivity contribution in [3.63, 3.8) is 0 Å². The molecule has 14 heteroatoms. The smallest absolute Gasteiger partial charge is 0.292 e. The van der Waals surface area contributed by atoms with Gasteiger partial charge in [0.2, 0.25) is 5.91 Å². The summed E-state index contributed by atoms with van der Waals surface area (Å²) in [5, 5.41) is -0.0707. The van der Waals surface area contributed by atoms with E-state index in [1.807, 2.05) is 0 Å². The van der Waals surface area contributed by atoms with Gasteiger partial charge in [-0.05, 0) is 29.8 Å². The van der Waals surface area contributed by atoms with E-state index in [1.54, 1.807) is 0 Å². The Morgan fingerprint density at radius 3 is 2.36 bits per heavy atom. The minimum atomic E-state index is -4.98. The first-order chi connectivity index (χ1) is 16.9. The van der Waals surface area contributed by atoms with E-state index < -0.39 is 40.4 Å². The maximum atomic E-state index is 14.8. The fraction of sp³-hybridized carbons (Fsp3) is 0.182. The summed E-state index contributed by atoms with van der Waals surface area (Å²) in [7, 11) is 0.796. The Balaban J connectivity index is 1.79. The van der Waals surface area contributed by atoms with Gasteiger partial charge in [0.1, 0.15) is 17.3 Å². The second-order valence-electron chi connectivity index (χ2n) is 7.59. The van der Waals surface area contributed by atoms with Gasteiger partial charge in [-0.2, -0.15) is 13.2 Å². The molecule has 36 heavy (non-hydrogen) atoms. The molecule has 188 valence electrons. The molecule has 2 heterocycles. The third-order valence-electron chi connectivity index (χ3n) is 5.19. The molecular formula is C22H14ClF5N4O3S. The summed E-state index contributed by atoms with van der Waals surface area (Å²) in [5.41, 5.74) is -4.54. The second-order valence-corrected chi connectivity index (χ2v) is 8.94. The molecule has 0 bridgehead atoms. The van der Waals surface area contributed by atoms with Gasteiger partial charge < -0.3 is 0 Å². The zero-order valence-electron chi connectivity index (χ0n) is 18.1. The van der Waals surface area contributed by atoms with E-state index in [0.717, 1.165) is 30.9 Å². The summed E-state index contributed by atoms with van der Waals surface area (Å²) in [4.78, 5) is 42.9. The molecule has 0 unspecified atom stereocenters. The number of nitrogens with zero attached hydrogens (tertiary/aromatic N) is 4. The summed E-state index contributed by atoms with van der Waals surface area (Å²) in [6, 6.07) is 7.29. The average molecular weight is 545 g/mol. The van der Waals surface area contributed by atoms with Crippen LogP contribution in [0, 0.1) is 11.6 Å². The van der Waals surface area contributed by atoms with Crippen LogP contribution >= 0.6 is 23.4 Å².